The molecule has 0 aliphatic carbocycles. The smallest absolute Gasteiger partial charge is 0.242 e. The molecule has 0 saturated heterocycles. The van der Waals surface area contributed by atoms with Gasteiger partial charge in [0.05, 0.1) is 5.75 Å². The molecular weight excluding hydrogens is 392 g/mol. The molecule has 1 unspecified atom stereocenters. The molecule has 2 aromatic carbocycles. The van der Waals surface area contributed by atoms with Crippen LogP contribution >= 0.6 is 23.4 Å². The maximum absolute atomic E-state index is 12.9. The third kappa shape index (κ3) is 6.88. The van der Waals surface area contributed by atoms with Crippen LogP contribution in [0.4, 0.5) is 0 Å². The average Bonchev–Trinajstić information content (AvgIpc) is 2.71. The van der Waals surface area contributed by atoms with Crippen LogP contribution in [0.25, 0.3) is 0 Å². The monoisotopic (exact) mass is 418 g/mol. The zero-order valence-electron chi connectivity index (χ0n) is 16.4. The maximum atomic E-state index is 12.9. The van der Waals surface area contributed by atoms with E-state index in [-0.39, 0.29) is 11.8 Å². The molecular formula is C22H27ClN2O2S. The van der Waals surface area contributed by atoms with E-state index >= 15 is 0 Å². The van der Waals surface area contributed by atoms with E-state index in [9.17, 15) is 9.59 Å². The molecule has 0 aliphatic heterocycles. The number of thioether (sulfide) groups is 1. The number of nitrogens with zero attached hydrogens (tertiary/aromatic N) is 1. The number of amides is 2. The van der Waals surface area contributed by atoms with Gasteiger partial charge >= 0.3 is 0 Å². The van der Waals surface area contributed by atoms with Crippen molar-refractivity contribution in [3.63, 3.8) is 0 Å². The first-order valence-corrected chi connectivity index (χ1v) is 11.0. The first kappa shape index (κ1) is 22.3. The second-order valence-corrected chi connectivity index (χ2v) is 7.91. The van der Waals surface area contributed by atoms with Gasteiger partial charge in [0, 0.05) is 24.4 Å². The average molecular weight is 419 g/mol. The number of hydrogen-bond donors (Lipinski definition) is 1. The summed E-state index contributed by atoms with van der Waals surface area (Å²) in [4.78, 5) is 27.0. The van der Waals surface area contributed by atoms with E-state index in [0.29, 0.717) is 29.5 Å². The Bertz CT molecular complexity index is 770. The summed E-state index contributed by atoms with van der Waals surface area (Å²) in [6.45, 7) is 2.45. The summed E-state index contributed by atoms with van der Waals surface area (Å²) >= 11 is 7.56. The zero-order chi connectivity index (χ0) is 20.4. The van der Waals surface area contributed by atoms with E-state index in [0.717, 1.165) is 17.5 Å². The van der Waals surface area contributed by atoms with Gasteiger partial charge < -0.3 is 10.2 Å². The molecule has 0 heterocycles. The topological polar surface area (TPSA) is 49.4 Å². The van der Waals surface area contributed by atoms with Crippen LogP contribution in [0.15, 0.2) is 54.6 Å². The van der Waals surface area contributed by atoms with Gasteiger partial charge in [-0.2, -0.15) is 0 Å². The number of nitrogens with one attached hydrogen (secondary N) is 1. The molecule has 0 fully saturated rings. The van der Waals surface area contributed by atoms with Crippen LogP contribution in [-0.4, -0.2) is 42.1 Å². The molecule has 0 aliphatic rings. The molecule has 6 heteroatoms. The van der Waals surface area contributed by atoms with E-state index in [1.807, 2.05) is 61.5 Å². The summed E-state index contributed by atoms with van der Waals surface area (Å²) in [7, 11) is 1.61. The summed E-state index contributed by atoms with van der Waals surface area (Å²) < 4.78 is 0. The lowest BCUT2D eigenvalue weighted by atomic mass is 10.1. The van der Waals surface area contributed by atoms with Crippen molar-refractivity contribution in [1.82, 2.24) is 10.2 Å². The third-order valence-corrected chi connectivity index (χ3v) is 5.72. The van der Waals surface area contributed by atoms with Crippen molar-refractivity contribution in [3.8, 4) is 0 Å². The molecule has 1 N–H and O–H groups in total. The van der Waals surface area contributed by atoms with Gasteiger partial charge in [-0.1, -0.05) is 61.0 Å². The molecule has 0 aromatic heterocycles. The predicted octanol–water partition coefficient (Wildman–Crippen LogP) is 4.17. The summed E-state index contributed by atoms with van der Waals surface area (Å²) in [6, 6.07) is 17.2. The molecule has 2 rings (SSSR count). The lowest BCUT2D eigenvalue weighted by Crippen LogP contribution is -2.50. The van der Waals surface area contributed by atoms with Crippen LogP contribution in [0.5, 0.6) is 0 Å². The Balaban J connectivity index is 2.01. The van der Waals surface area contributed by atoms with E-state index < -0.39 is 6.04 Å². The number of hydrogen-bond acceptors (Lipinski definition) is 3. The maximum Gasteiger partial charge on any atom is 0.242 e. The van der Waals surface area contributed by atoms with Gasteiger partial charge in [0.15, 0.2) is 0 Å². The van der Waals surface area contributed by atoms with Crippen LogP contribution in [0.1, 0.15) is 24.5 Å². The molecule has 0 radical (unpaired) electrons. The highest BCUT2D eigenvalue weighted by atomic mass is 35.5. The van der Waals surface area contributed by atoms with Gasteiger partial charge in [0.2, 0.25) is 11.8 Å². The van der Waals surface area contributed by atoms with Gasteiger partial charge in [-0.05, 0) is 36.1 Å². The Hall–Kier alpha value is -1.98. The minimum Gasteiger partial charge on any atom is -0.357 e. The SMILES string of the molecule is CCC(C(=O)NC)N(CCc1ccccc1)C(=O)CSCc1cccc(Cl)c1. The predicted molar refractivity (Wildman–Crippen MR) is 118 cm³/mol. The summed E-state index contributed by atoms with van der Waals surface area (Å²) in [5, 5.41) is 3.38. The molecule has 2 amide bonds. The minimum atomic E-state index is -0.451. The highest BCUT2D eigenvalue weighted by Crippen LogP contribution is 2.18. The molecule has 0 bridgehead atoms. The molecule has 2 aromatic rings. The fraction of sp³-hybridized carbons (Fsp3) is 0.364. The Morgan fingerprint density at radius 1 is 1.11 bits per heavy atom. The normalized spacial score (nSPS) is 11.7. The van der Waals surface area contributed by atoms with Gasteiger partial charge in [-0.15, -0.1) is 11.8 Å². The number of rotatable bonds is 10. The number of likely N-dealkylation sites (N-methyl/N-ethyl adjacent to an activating group) is 1. The molecule has 4 nitrogen and oxygen atoms in total. The summed E-state index contributed by atoms with van der Waals surface area (Å²) in [5.41, 5.74) is 2.23. The van der Waals surface area contributed by atoms with Crippen LogP contribution in [-0.2, 0) is 21.8 Å². The molecule has 0 saturated carbocycles. The van der Waals surface area contributed by atoms with Crippen molar-refractivity contribution >= 4 is 35.2 Å². The first-order valence-electron chi connectivity index (χ1n) is 9.42. The van der Waals surface area contributed by atoms with Gasteiger partial charge in [0.25, 0.3) is 0 Å². The zero-order valence-corrected chi connectivity index (χ0v) is 17.9. The number of carbonyl (C=O) groups is 2. The van der Waals surface area contributed by atoms with Crippen molar-refractivity contribution in [2.24, 2.45) is 0 Å². The second-order valence-electron chi connectivity index (χ2n) is 6.48. The van der Waals surface area contributed by atoms with E-state index in [1.54, 1.807) is 11.9 Å². The molecule has 1 atom stereocenters. The minimum absolute atomic E-state index is 0.0154. The third-order valence-electron chi connectivity index (χ3n) is 4.50. The lowest BCUT2D eigenvalue weighted by Gasteiger charge is -2.30. The highest BCUT2D eigenvalue weighted by molar-refractivity contribution is 7.99. The Morgan fingerprint density at radius 3 is 2.46 bits per heavy atom. The van der Waals surface area contributed by atoms with Gasteiger partial charge in [-0.25, -0.2) is 0 Å². The lowest BCUT2D eigenvalue weighted by molar-refractivity contribution is -0.138. The van der Waals surface area contributed by atoms with E-state index in [1.165, 1.54) is 11.8 Å². The van der Waals surface area contributed by atoms with Crippen LogP contribution < -0.4 is 5.32 Å². The Labute approximate surface area is 176 Å². The second kappa shape index (κ2) is 11.8. The Morgan fingerprint density at radius 2 is 1.82 bits per heavy atom. The largest absolute Gasteiger partial charge is 0.357 e. The highest BCUT2D eigenvalue weighted by Gasteiger charge is 2.27. The number of halogens is 1. The van der Waals surface area contributed by atoms with E-state index in [2.05, 4.69) is 5.32 Å². The quantitative estimate of drug-likeness (QED) is 0.630. The van der Waals surface area contributed by atoms with E-state index in [4.69, 9.17) is 11.6 Å². The van der Waals surface area contributed by atoms with Crippen LogP contribution in [0.2, 0.25) is 5.02 Å². The van der Waals surface area contributed by atoms with Crippen molar-refractivity contribution in [3.05, 3.63) is 70.7 Å². The fourth-order valence-electron chi connectivity index (χ4n) is 3.03. The molecule has 28 heavy (non-hydrogen) atoms. The fourth-order valence-corrected chi connectivity index (χ4v) is 4.10. The summed E-state index contributed by atoms with van der Waals surface area (Å²) in [6.07, 6.45) is 1.30. The molecule has 150 valence electrons. The van der Waals surface area contributed by atoms with Gasteiger partial charge in [-0.3, -0.25) is 9.59 Å². The number of carbonyl (C=O) groups excluding carboxylic acids is 2. The van der Waals surface area contributed by atoms with Crippen molar-refractivity contribution < 1.29 is 9.59 Å². The summed E-state index contributed by atoms with van der Waals surface area (Å²) in [5.74, 6) is 0.895. The van der Waals surface area contributed by atoms with Crippen LogP contribution in [0, 0.1) is 0 Å². The first-order chi connectivity index (χ1) is 13.5. The van der Waals surface area contributed by atoms with Crippen LogP contribution in [0.3, 0.4) is 0 Å². The van der Waals surface area contributed by atoms with Crippen molar-refractivity contribution in [2.45, 2.75) is 31.6 Å². The standard InChI is InChI=1S/C22H27ClN2O2S/c1-3-20(22(27)24-2)25(13-12-17-8-5-4-6-9-17)21(26)16-28-15-18-10-7-11-19(23)14-18/h4-11,14,20H,3,12-13,15-16H2,1-2H3,(H,24,27). The van der Waals surface area contributed by atoms with Crippen molar-refractivity contribution in [1.29, 1.82) is 0 Å². The Kier molecular flexibility index (Phi) is 9.38. The number of benzene rings is 2. The van der Waals surface area contributed by atoms with Crippen molar-refractivity contribution in [2.75, 3.05) is 19.3 Å². The molecule has 0 spiro atoms. The van der Waals surface area contributed by atoms with Gasteiger partial charge in [0.1, 0.15) is 6.04 Å².